The second kappa shape index (κ2) is 8.26. The molecular formula is C17H21N3O4. The fourth-order valence-corrected chi connectivity index (χ4v) is 2.47. The highest BCUT2D eigenvalue weighted by Crippen LogP contribution is 2.09. The normalized spacial score (nSPS) is 13.4. The highest BCUT2D eigenvalue weighted by atomic mass is 16.4. The Morgan fingerprint density at radius 2 is 1.83 bits per heavy atom. The van der Waals surface area contributed by atoms with Crippen molar-refractivity contribution in [2.45, 2.75) is 38.4 Å². The van der Waals surface area contributed by atoms with Gasteiger partial charge in [-0.2, -0.15) is 0 Å². The molecule has 2 atom stereocenters. The molecule has 0 spiro atoms. The molecule has 0 fully saturated rings. The first-order chi connectivity index (χ1) is 11.5. The number of hydrogen-bond donors (Lipinski definition) is 3. The molecule has 0 aliphatic heterocycles. The number of nitrogens with zero attached hydrogens (tertiary/aromatic N) is 2. The van der Waals surface area contributed by atoms with Crippen molar-refractivity contribution in [2.24, 2.45) is 0 Å². The summed E-state index contributed by atoms with van der Waals surface area (Å²) in [4.78, 5) is 26.7. The van der Waals surface area contributed by atoms with Gasteiger partial charge in [0.05, 0.1) is 6.33 Å². The summed E-state index contributed by atoms with van der Waals surface area (Å²) in [6.45, 7) is 2.28. The van der Waals surface area contributed by atoms with E-state index in [9.17, 15) is 14.7 Å². The Balaban J connectivity index is 2.11. The van der Waals surface area contributed by atoms with Gasteiger partial charge in [0.25, 0.3) is 0 Å². The molecule has 0 aliphatic rings. The Labute approximate surface area is 140 Å². The number of hydrogen-bond acceptors (Lipinski definition) is 4. The second-order valence-corrected chi connectivity index (χ2v) is 5.56. The van der Waals surface area contributed by atoms with Crippen molar-refractivity contribution in [3.05, 3.63) is 54.1 Å². The van der Waals surface area contributed by atoms with Crippen molar-refractivity contribution >= 4 is 11.9 Å². The van der Waals surface area contributed by atoms with Crippen molar-refractivity contribution in [1.29, 1.82) is 0 Å². The van der Waals surface area contributed by atoms with Gasteiger partial charge in [-0.3, -0.25) is 14.9 Å². The van der Waals surface area contributed by atoms with E-state index in [1.807, 2.05) is 34.9 Å². The molecule has 3 N–H and O–H groups in total. The van der Waals surface area contributed by atoms with Crippen LogP contribution in [-0.4, -0.2) is 43.8 Å². The molecule has 1 aromatic heterocycles. The van der Waals surface area contributed by atoms with Gasteiger partial charge in [0, 0.05) is 24.9 Å². The summed E-state index contributed by atoms with van der Waals surface area (Å²) in [6, 6.07) is 7.88. The highest BCUT2D eigenvalue weighted by Gasteiger charge is 2.26. The summed E-state index contributed by atoms with van der Waals surface area (Å²) >= 11 is 0. The molecule has 2 aromatic rings. The molecule has 0 radical (unpaired) electrons. The van der Waals surface area contributed by atoms with Crippen LogP contribution >= 0.6 is 0 Å². The molecule has 24 heavy (non-hydrogen) atoms. The fraction of sp³-hybridized carbons (Fsp3) is 0.353. The largest absolute Gasteiger partial charge is 0.480 e. The topological polar surface area (TPSA) is 104 Å². The van der Waals surface area contributed by atoms with Crippen LogP contribution in [0.1, 0.15) is 24.6 Å². The number of aliphatic carboxylic acids is 2. The molecule has 1 heterocycles. The van der Waals surface area contributed by atoms with E-state index in [4.69, 9.17) is 5.11 Å². The predicted molar refractivity (Wildman–Crippen MR) is 87.7 cm³/mol. The maximum absolute atomic E-state index is 11.5. The minimum absolute atomic E-state index is 0.159. The number of carboxylic acids is 2. The number of benzene rings is 1. The fourth-order valence-electron chi connectivity index (χ4n) is 2.47. The first-order valence-corrected chi connectivity index (χ1v) is 7.75. The number of nitrogens with one attached hydrogen (secondary N) is 1. The van der Waals surface area contributed by atoms with Crippen LogP contribution in [0.15, 0.2) is 42.9 Å². The smallest absolute Gasteiger partial charge is 0.321 e. The number of rotatable bonds is 9. The second-order valence-electron chi connectivity index (χ2n) is 5.56. The Hall–Kier alpha value is -2.67. The molecule has 0 aliphatic carbocycles. The van der Waals surface area contributed by atoms with Gasteiger partial charge >= 0.3 is 11.9 Å². The molecule has 7 heteroatoms. The summed E-state index contributed by atoms with van der Waals surface area (Å²) in [5.74, 6) is -2.14. The van der Waals surface area contributed by atoms with Crippen molar-refractivity contribution in [1.82, 2.24) is 14.9 Å². The zero-order valence-corrected chi connectivity index (χ0v) is 13.4. The summed E-state index contributed by atoms with van der Waals surface area (Å²) in [7, 11) is 0. The minimum Gasteiger partial charge on any atom is -0.480 e. The molecular weight excluding hydrogens is 310 g/mol. The lowest BCUT2D eigenvalue weighted by Crippen LogP contribution is -2.48. The van der Waals surface area contributed by atoms with E-state index in [2.05, 4.69) is 10.3 Å². The lowest BCUT2D eigenvalue weighted by atomic mass is 10.1. The summed E-state index contributed by atoms with van der Waals surface area (Å²) in [6.07, 6.45) is 3.73. The van der Waals surface area contributed by atoms with Crippen molar-refractivity contribution in [3.63, 3.8) is 0 Å². The zero-order chi connectivity index (χ0) is 17.5. The van der Waals surface area contributed by atoms with E-state index in [0.717, 1.165) is 11.3 Å². The molecule has 1 unspecified atom stereocenters. The van der Waals surface area contributed by atoms with Crippen LogP contribution in [0, 0.1) is 0 Å². The van der Waals surface area contributed by atoms with Crippen LogP contribution in [0.3, 0.4) is 0 Å². The van der Waals surface area contributed by atoms with Crippen molar-refractivity contribution in [3.8, 4) is 0 Å². The van der Waals surface area contributed by atoms with Gasteiger partial charge in [0.15, 0.2) is 0 Å². The monoisotopic (exact) mass is 331 g/mol. The van der Waals surface area contributed by atoms with Gasteiger partial charge in [-0.25, -0.2) is 4.98 Å². The number of aromatic nitrogens is 2. The Morgan fingerprint density at radius 1 is 1.17 bits per heavy atom. The minimum atomic E-state index is -1.08. The average Bonchev–Trinajstić information content (AvgIpc) is 2.98. The molecule has 0 saturated carbocycles. The molecule has 0 saturated heterocycles. The van der Waals surface area contributed by atoms with Crippen LogP contribution in [-0.2, 0) is 22.6 Å². The summed E-state index contributed by atoms with van der Waals surface area (Å²) in [5.41, 5.74) is 1.81. The average molecular weight is 331 g/mol. The third kappa shape index (κ3) is 4.66. The van der Waals surface area contributed by atoms with Crippen LogP contribution in [0.4, 0.5) is 0 Å². The quantitative estimate of drug-likeness (QED) is 0.641. The Kier molecular flexibility index (Phi) is 6.08. The van der Waals surface area contributed by atoms with Crippen molar-refractivity contribution in [2.75, 3.05) is 0 Å². The third-order valence-corrected chi connectivity index (χ3v) is 3.81. The SMILES string of the molecule is CCC(N[C@@H](Cc1cncn1Cc1ccccc1)C(=O)O)C(=O)O. The molecule has 0 bridgehead atoms. The van der Waals surface area contributed by atoms with Crippen LogP contribution in [0.25, 0.3) is 0 Å². The maximum Gasteiger partial charge on any atom is 0.321 e. The van der Waals surface area contributed by atoms with E-state index in [0.29, 0.717) is 13.0 Å². The van der Waals surface area contributed by atoms with Crippen molar-refractivity contribution < 1.29 is 19.8 Å². The van der Waals surface area contributed by atoms with Crippen LogP contribution in [0.2, 0.25) is 0 Å². The first-order valence-electron chi connectivity index (χ1n) is 7.75. The van der Waals surface area contributed by atoms with Gasteiger partial charge in [-0.1, -0.05) is 37.3 Å². The molecule has 1 aromatic carbocycles. The maximum atomic E-state index is 11.5. The van der Waals surface area contributed by atoms with Gasteiger partial charge in [0.2, 0.25) is 0 Å². The Bertz CT molecular complexity index is 684. The lowest BCUT2D eigenvalue weighted by Gasteiger charge is -2.20. The number of carbonyl (C=O) groups is 2. The predicted octanol–water partition coefficient (Wildman–Crippen LogP) is 1.38. The van der Waals surface area contributed by atoms with Crippen LogP contribution in [0.5, 0.6) is 0 Å². The number of carboxylic acid groups (broad SMARTS) is 2. The van der Waals surface area contributed by atoms with Gasteiger partial charge in [0.1, 0.15) is 12.1 Å². The number of imidazole rings is 1. The molecule has 7 nitrogen and oxygen atoms in total. The van der Waals surface area contributed by atoms with E-state index in [-0.39, 0.29) is 6.42 Å². The van der Waals surface area contributed by atoms with E-state index >= 15 is 0 Å². The Morgan fingerprint density at radius 3 is 2.42 bits per heavy atom. The molecule has 128 valence electrons. The highest BCUT2D eigenvalue weighted by molar-refractivity contribution is 5.77. The first kappa shape index (κ1) is 17.7. The third-order valence-electron chi connectivity index (χ3n) is 3.81. The lowest BCUT2D eigenvalue weighted by molar-refractivity contribution is -0.142. The zero-order valence-electron chi connectivity index (χ0n) is 13.4. The van der Waals surface area contributed by atoms with Crippen LogP contribution < -0.4 is 5.32 Å². The van der Waals surface area contributed by atoms with E-state index in [1.165, 1.54) is 0 Å². The van der Waals surface area contributed by atoms with Gasteiger partial charge in [-0.15, -0.1) is 0 Å². The summed E-state index contributed by atoms with van der Waals surface area (Å²) in [5, 5.41) is 21.2. The standard InChI is InChI=1S/C17H21N3O4/c1-2-14(16(21)22)19-15(17(23)24)8-13-9-18-11-20(13)10-12-6-4-3-5-7-12/h3-7,9,11,14-15,19H,2,8,10H2,1H3,(H,21,22)(H,23,24)/t14?,15-/m0/s1. The summed E-state index contributed by atoms with van der Waals surface area (Å²) < 4.78 is 1.87. The molecule has 2 rings (SSSR count). The van der Waals surface area contributed by atoms with Gasteiger partial charge < -0.3 is 14.8 Å². The van der Waals surface area contributed by atoms with E-state index < -0.39 is 24.0 Å². The van der Waals surface area contributed by atoms with E-state index in [1.54, 1.807) is 19.4 Å². The van der Waals surface area contributed by atoms with Gasteiger partial charge in [-0.05, 0) is 12.0 Å². The molecule has 0 amide bonds.